The topological polar surface area (TPSA) is 70.1 Å². The van der Waals surface area contributed by atoms with Crippen molar-refractivity contribution >= 4 is 33.4 Å². The van der Waals surface area contributed by atoms with Gasteiger partial charge in [0.2, 0.25) is 0 Å². The Kier molecular flexibility index (Phi) is 6.95. The van der Waals surface area contributed by atoms with Gasteiger partial charge in [-0.05, 0) is 56.9 Å². The molecule has 7 heteroatoms. The minimum atomic E-state index is -0.673. The number of halogens is 1. The minimum Gasteiger partial charge on any atom is -0.507 e. The van der Waals surface area contributed by atoms with Gasteiger partial charge < -0.3 is 19.6 Å². The standard InChI is InChI=1S/C23H25BrN2O4/c1-25(2)12-5-13-26-20(15-8-10-17(24)11-9-15)19(22(28)23(26)29)21(27)16-6-4-7-18(14-16)30-3/h4,6-11,14,20,27H,5,12-13H2,1-3H3/b21-19+/t20-/m0/s1. The molecule has 1 aliphatic rings. The molecule has 2 aromatic rings. The minimum absolute atomic E-state index is 0.0976. The van der Waals surface area contributed by atoms with Crippen LogP contribution in [0.5, 0.6) is 5.75 Å². The fourth-order valence-corrected chi connectivity index (χ4v) is 3.85. The molecule has 2 aromatic carbocycles. The summed E-state index contributed by atoms with van der Waals surface area (Å²) in [6, 6.07) is 13.6. The average Bonchev–Trinajstić information content (AvgIpc) is 2.98. The van der Waals surface area contributed by atoms with E-state index in [1.807, 2.05) is 43.3 Å². The van der Waals surface area contributed by atoms with Crippen LogP contribution in [0.3, 0.4) is 0 Å². The van der Waals surface area contributed by atoms with Crippen molar-refractivity contribution in [1.82, 2.24) is 9.80 Å². The van der Waals surface area contributed by atoms with Crippen LogP contribution < -0.4 is 4.74 Å². The van der Waals surface area contributed by atoms with Gasteiger partial charge in [-0.15, -0.1) is 0 Å². The summed E-state index contributed by atoms with van der Waals surface area (Å²) in [7, 11) is 5.46. The van der Waals surface area contributed by atoms with Crippen LogP contribution in [0.4, 0.5) is 0 Å². The molecule has 6 nitrogen and oxygen atoms in total. The monoisotopic (exact) mass is 472 g/mol. The van der Waals surface area contributed by atoms with Gasteiger partial charge in [-0.1, -0.05) is 40.2 Å². The third-order valence-electron chi connectivity index (χ3n) is 5.07. The number of aliphatic hydroxyl groups excluding tert-OH is 1. The summed E-state index contributed by atoms with van der Waals surface area (Å²) in [5, 5.41) is 11.1. The third kappa shape index (κ3) is 4.57. The van der Waals surface area contributed by atoms with Gasteiger partial charge in [0.05, 0.1) is 18.7 Å². The maximum absolute atomic E-state index is 13.0. The molecule has 0 radical (unpaired) electrons. The van der Waals surface area contributed by atoms with Gasteiger partial charge >= 0.3 is 0 Å². The number of amides is 1. The summed E-state index contributed by atoms with van der Waals surface area (Å²) in [4.78, 5) is 29.4. The quantitative estimate of drug-likeness (QED) is 0.376. The zero-order valence-corrected chi connectivity index (χ0v) is 18.8. The summed E-state index contributed by atoms with van der Waals surface area (Å²) < 4.78 is 6.12. The summed E-state index contributed by atoms with van der Waals surface area (Å²) in [6.07, 6.45) is 0.715. The molecule has 1 aliphatic heterocycles. The Balaban J connectivity index is 2.09. The smallest absolute Gasteiger partial charge is 0.295 e. The highest BCUT2D eigenvalue weighted by Crippen LogP contribution is 2.40. The summed E-state index contributed by atoms with van der Waals surface area (Å²) in [5.74, 6) is -0.908. The Bertz CT molecular complexity index is 969. The highest BCUT2D eigenvalue weighted by atomic mass is 79.9. The zero-order valence-electron chi connectivity index (χ0n) is 17.3. The summed E-state index contributed by atoms with van der Waals surface area (Å²) >= 11 is 3.42. The lowest BCUT2D eigenvalue weighted by molar-refractivity contribution is -0.139. The zero-order chi connectivity index (χ0) is 21.8. The average molecular weight is 473 g/mol. The second-order valence-corrected chi connectivity index (χ2v) is 8.35. The maximum atomic E-state index is 13.0. The highest BCUT2D eigenvalue weighted by molar-refractivity contribution is 9.10. The maximum Gasteiger partial charge on any atom is 0.295 e. The molecule has 158 valence electrons. The van der Waals surface area contributed by atoms with Gasteiger partial charge in [-0.3, -0.25) is 9.59 Å². The Hall–Kier alpha value is -2.64. The van der Waals surface area contributed by atoms with Gasteiger partial charge in [-0.25, -0.2) is 0 Å². The van der Waals surface area contributed by atoms with Crippen molar-refractivity contribution in [2.45, 2.75) is 12.5 Å². The fraction of sp³-hybridized carbons (Fsp3) is 0.304. The number of rotatable bonds is 7. The normalized spacial score (nSPS) is 18.3. The molecule has 0 bridgehead atoms. The SMILES string of the molecule is COc1cccc(/C(O)=C2\C(=O)C(=O)N(CCCN(C)C)[C@H]2c2ccc(Br)cc2)c1. The Morgan fingerprint density at radius 1 is 1.17 bits per heavy atom. The fourth-order valence-electron chi connectivity index (χ4n) is 3.59. The molecule has 1 amide bonds. The van der Waals surface area contributed by atoms with Crippen molar-refractivity contribution in [3.8, 4) is 5.75 Å². The number of carbonyl (C=O) groups is 2. The number of Topliss-reactive ketones (excluding diaryl/α,β-unsaturated/α-hetero) is 1. The first-order valence-electron chi connectivity index (χ1n) is 9.66. The molecule has 0 saturated carbocycles. The molecule has 1 fully saturated rings. The van der Waals surface area contributed by atoms with E-state index in [9.17, 15) is 14.7 Å². The molecule has 1 saturated heterocycles. The molecule has 0 unspecified atom stereocenters. The van der Waals surface area contributed by atoms with E-state index in [-0.39, 0.29) is 11.3 Å². The van der Waals surface area contributed by atoms with Crippen molar-refractivity contribution < 1.29 is 19.4 Å². The number of hydrogen-bond donors (Lipinski definition) is 1. The van der Waals surface area contributed by atoms with Crippen LogP contribution in [0.1, 0.15) is 23.6 Å². The lowest BCUT2D eigenvalue weighted by atomic mass is 9.95. The van der Waals surface area contributed by atoms with E-state index in [0.29, 0.717) is 24.3 Å². The van der Waals surface area contributed by atoms with Crippen molar-refractivity contribution in [1.29, 1.82) is 0 Å². The predicted molar refractivity (Wildman–Crippen MR) is 119 cm³/mol. The highest BCUT2D eigenvalue weighted by Gasteiger charge is 2.45. The molecule has 0 aliphatic carbocycles. The van der Waals surface area contributed by atoms with Gasteiger partial charge in [0.15, 0.2) is 0 Å². The molecule has 1 N–H and O–H groups in total. The van der Waals surface area contributed by atoms with Crippen LogP contribution in [0.15, 0.2) is 58.6 Å². The summed E-state index contributed by atoms with van der Waals surface area (Å²) in [6.45, 7) is 1.20. The molecule has 0 aromatic heterocycles. The van der Waals surface area contributed by atoms with E-state index in [4.69, 9.17) is 4.74 Å². The number of benzene rings is 2. The number of nitrogens with zero attached hydrogens (tertiary/aromatic N) is 2. The van der Waals surface area contributed by atoms with E-state index in [0.717, 1.165) is 16.6 Å². The second-order valence-electron chi connectivity index (χ2n) is 7.43. The van der Waals surface area contributed by atoms with Crippen molar-refractivity contribution in [2.24, 2.45) is 0 Å². The van der Waals surface area contributed by atoms with Crippen molar-refractivity contribution in [3.05, 3.63) is 69.7 Å². The van der Waals surface area contributed by atoms with Crippen LogP contribution in [-0.2, 0) is 9.59 Å². The van der Waals surface area contributed by atoms with Crippen LogP contribution in [0.2, 0.25) is 0 Å². The van der Waals surface area contributed by atoms with Crippen molar-refractivity contribution in [3.63, 3.8) is 0 Å². The molecular weight excluding hydrogens is 448 g/mol. The number of carbonyl (C=O) groups excluding carboxylic acids is 2. The molecule has 30 heavy (non-hydrogen) atoms. The largest absolute Gasteiger partial charge is 0.507 e. The first kappa shape index (κ1) is 22.1. The molecule has 0 spiro atoms. The van der Waals surface area contributed by atoms with E-state index in [2.05, 4.69) is 15.9 Å². The number of aliphatic hydroxyl groups is 1. The van der Waals surface area contributed by atoms with E-state index in [1.54, 1.807) is 29.2 Å². The number of ketones is 1. The van der Waals surface area contributed by atoms with Gasteiger partial charge in [0, 0.05) is 16.6 Å². The number of methoxy groups -OCH3 is 1. The van der Waals surface area contributed by atoms with E-state index < -0.39 is 17.7 Å². The Morgan fingerprint density at radius 2 is 1.87 bits per heavy atom. The Morgan fingerprint density at radius 3 is 2.50 bits per heavy atom. The lowest BCUT2D eigenvalue weighted by Gasteiger charge is -2.26. The van der Waals surface area contributed by atoms with Crippen molar-refractivity contribution in [2.75, 3.05) is 34.3 Å². The first-order valence-corrected chi connectivity index (χ1v) is 10.5. The predicted octanol–water partition coefficient (Wildman–Crippen LogP) is 3.83. The third-order valence-corrected chi connectivity index (χ3v) is 5.60. The van der Waals surface area contributed by atoms with Gasteiger partial charge in [0.25, 0.3) is 11.7 Å². The van der Waals surface area contributed by atoms with Crippen LogP contribution >= 0.6 is 15.9 Å². The molecule has 1 atom stereocenters. The summed E-state index contributed by atoms with van der Waals surface area (Å²) in [5.41, 5.74) is 1.30. The first-order chi connectivity index (χ1) is 14.3. The van der Waals surface area contributed by atoms with Crippen LogP contribution in [-0.4, -0.2) is 60.9 Å². The Labute approximate surface area is 184 Å². The number of ether oxygens (including phenoxy) is 1. The number of hydrogen-bond acceptors (Lipinski definition) is 5. The van der Waals surface area contributed by atoms with Gasteiger partial charge in [0.1, 0.15) is 11.5 Å². The van der Waals surface area contributed by atoms with E-state index in [1.165, 1.54) is 7.11 Å². The number of likely N-dealkylation sites (tertiary alicyclic amines) is 1. The molecule has 1 heterocycles. The van der Waals surface area contributed by atoms with Crippen LogP contribution in [0.25, 0.3) is 5.76 Å². The molecular formula is C23H25BrN2O4. The van der Waals surface area contributed by atoms with E-state index >= 15 is 0 Å². The lowest BCUT2D eigenvalue weighted by Crippen LogP contribution is -2.32. The van der Waals surface area contributed by atoms with Gasteiger partial charge in [-0.2, -0.15) is 0 Å². The second kappa shape index (κ2) is 9.45. The van der Waals surface area contributed by atoms with Crippen LogP contribution in [0, 0.1) is 0 Å². The molecule has 3 rings (SSSR count).